The van der Waals surface area contributed by atoms with Crippen LogP contribution in [0.25, 0.3) is 0 Å². The molecule has 0 saturated heterocycles. The molecule has 0 aliphatic heterocycles. The molecule has 3 nitrogen and oxygen atoms in total. The van der Waals surface area contributed by atoms with Gasteiger partial charge in [0.1, 0.15) is 5.82 Å². The molecule has 0 aliphatic carbocycles. The van der Waals surface area contributed by atoms with Crippen LogP contribution in [0.4, 0.5) is 0 Å². The minimum absolute atomic E-state index is 0.861. The van der Waals surface area contributed by atoms with E-state index >= 15 is 0 Å². The van der Waals surface area contributed by atoms with Crippen LogP contribution >= 0.6 is 11.3 Å². The Morgan fingerprint density at radius 2 is 2.43 bits per heavy atom. The molecule has 0 bridgehead atoms. The van der Waals surface area contributed by atoms with Crippen LogP contribution < -0.4 is 0 Å². The maximum atomic E-state index is 4.41. The molecule has 0 aromatic carbocycles. The Bertz CT molecular complexity index is 378. The molecule has 2 rings (SSSR count). The number of nitrogens with one attached hydrogen (secondary N) is 1. The normalized spacial score (nSPS) is 10.6. The fourth-order valence-electron chi connectivity index (χ4n) is 1.34. The molecule has 2 aromatic rings. The lowest BCUT2D eigenvalue weighted by Crippen LogP contribution is -1.89. The number of aromatic amines is 1. The molecule has 0 radical (unpaired) electrons. The summed E-state index contributed by atoms with van der Waals surface area (Å²) < 4.78 is 0. The van der Waals surface area contributed by atoms with Crippen molar-refractivity contribution in [3.8, 4) is 0 Å². The zero-order valence-electron chi connectivity index (χ0n) is 8.16. The fraction of sp³-hybridized carbons (Fsp3) is 0.400. The maximum Gasteiger partial charge on any atom is 0.150 e. The minimum Gasteiger partial charge on any atom is -0.263 e. The fourth-order valence-corrected chi connectivity index (χ4v) is 2.00. The van der Waals surface area contributed by atoms with E-state index in [9.17, 15) is 0 Å². The maximum absolute atomic E-state index is 4.41. The average Bonchev–Trinajstić information content (AvgIpc) is 2.79. The molecule has 1 N–H and O–H groups in total. The lowest BCUT2D eigenvalue weighted by molar-refractivity contribution is 0.841. The van der Waals surface area contributed by atoms with Crippen LogP contribution in [-0.2, 0) is 12.8 Å². The molecule has 2 heterocycles. The number of H-pyrrole nitrogens is 1. The van der Waals surface area contributed by atoms with E-state index in [1.54, 1.807) is 11.3 Å². The number of aromatic nitrogens is 3. The van der Waals surface area contributed by atoms with Crippen LogP contribution in [0.3, 0.4) is 0 Å². The zero-order chi connectivity index (χ0) is 9.80. The van der Waals surface area contributed by atoms with Gasteiger partial charge in [0.15, 0.2) is 5.82 Å². The van der Waals surface area contributed by atoms with E-state index in [4.69, 9.17) is 0 Å². The van der Waals surface area contributed by atoms with E-state index < -0.39 is 0 Å². The van der Waals surface area contributed by atoms with Crippen molar-refractivity contribution in [2.75, 3.05) is 0 Å². The van der Waals surface area contributed by atoms with E-state index in [2.05, 4.69) is 38.9 Å². The van der Waals surface area contributed by atoms with Gasteiger partial charge in [0.05, 0.1) is 0 Å². The molecular formula is C10H13N3S. The Balaban J connectivity index is 2.03. The molecule has 0 amide bonds. The number of hydrogen-bond acceptors (Lipinski definition) is 3. The smallest absolute Gasteiger partial charge is 0.150 e. The van der Waals surface area contributed by atoms with E-state index in [0.717, 1.165) is 30.9 Å². The second kappa shape index (κ2) is 4.37. The molecule has 0 spiro atoms. The van der Waals surface area contributed by atoms with Crippen molar-refractivity contribution >= 4 is 11.3 Å². The molecule has 2 aromatic heterocycles. The summed E-state index contributed by atoms with van der Waals surface area (Å²) in [5, 5.41) is 11.3. The molecule has 4 heteroatoms. The van der Waals surface area contributed by atoms with Gasteiger partial charge in [0, 0.05) is 12.8 Å². The summed E-state index contributed by atoms with van der Waals surface area (Å²) >= 11 is 1.71. The summed E-state index contributed by atoms with van der Waals surface area (Å²) in [4.78, 5) is 4.41. The van der Waals surface area contributed by atoms with Crippen molar-refractivity contribution in [1.29, 1.82) is 0 Å². The number of rotatable bonds is 4. The third-order valence-corrected chi connectivity index (χ3v) is 2.74. The van der Waals surface area contributed by atoms with Gasteiger partial charge in [-0.05, 0) is 28.8 Å². The first-order valence-corrected chi connectivity index (χ1v) is 5.74. The monoisotopic (exact) mass is 207 g/mol. The van der Waals surface area contributed by atoms with Gasteiger partial charge in [-0.2, -0.15) is 16.4 Å². The molecule has 14 heavy (non-hydrogen) atoms. The summed E-state index contributed by atoms with van der Waals surface area (Å²) in [6, 6.07) is 2.12. The topological polar surface area (TPSA) is 41.6 Å². The Hall–Kier alpha value is -1.16. The second-order valence-electron chi connectivity index (χ2n) is 3.26. The average molecular weight is 207 g/mol. The lowest BCUT2D eigenvalue weighted by atomic mass is 10.2. The quantitative estimate of drug-likeness (QED) is 0.836. The number of aryl methyl sites for hydroxylation is 1. The van der Waals surface area contributed by atoms with E-state index in [1.165, 1.54) is 5.56 Å². The first-order chi connectivity index (χ1) is 6.88. The van der Waals surface area contributed by atoms with Crippen LogP contribution in [0.5, 0.6) is 0 Å². The van der Waals surface area contributed by atoms with Gasteiger partial charge in [0.2, 0.25) is 0 Å². The Morgan fingerprint density at radius 1 is 1.50 bits per heavy atom. The van der Waals surface area contributed by atoms with Gasteiger partial charge in [-0.1, -0.05) is 6.92 Å². The largest absolute Gasteiger partial charge is 0.263 e. The highest BCUT2D eigenvalue weighted by Crippen LogP contribution is 2.10. The summed E-state index contributed by atoms with van der Waals surface area (Å²) in [5.74, 6) is 1.89. The Labute approximate surface area is 87.2 Å². The third kappa shape index (κ3) is 2.20. The van der Waals surface area contributed by atoms with E-state index in [1.807, 2.05) is 0 Å². The molecule has 0 fully saturated rings. The Kier molecular flexibility index (Phi) is 2.93. The van der Waals surface area contributed by atoms with Gasteiger partial charge in [-0.25, -0.2) is 4.98 Å². The molecular weight excluding hydrogens is 194 g/mol. The van der Waals surface area contributed by atoms with Crippen LogP contribution in [0.15, 0.2) is 16.8 Å². The van der Waals surface area contributed by atoms with Gasteiger partial charge < -0.3 is 0 Å². The van der Waals surface area contributed by atoms with Crippen molar-refractivity contribution in [2.45, 2.75) is 26.2 Å². The van der Waals surface area contributed by atoms with Crippen molar-refractivity contribution < 1.29 is 0 Å². The highest BCUT2D eigenvalue weighted by Gasteiger charge is 2.03. The van der Waals surface area contributed by atoms with Crippen LogP contribution in [0.1, 0.15) is 30.6 Å². The van der Waals surface area contributed by atoms with Crippen molar-refractivity contribution in [2.24, 2.45) is 0 Å². The van der Waals surface area contributed by atoms with Gasteiger partial charge >= 0.3 is 0 Å². The zero-order valence-corrected chi connectivity index (χ0v) is 8.97. The van der Waals surface area contributed by atoms with Crippen molar-refractivity contribution in [3.63, 3.8) is 0 Å². The van der Waals surface area contributed by atoms with Gasteiger partial charge in [-0.15, -0.1) is 0 Å². The third-order valence-electron chi connectivity index (χ3n) is 2.00. The highest BCUT2D eigenvalue weighted by molar-refractivity contribution is 7.07. The summed E-state index contributed by atoms with van der Waals surface area (Å²) in [5.41, 5.74) is 1.30. The number of hydrogen-bond donors (Lipinski definition) is 1. The molecule has 0 aliphatic rings. The molecule has 0 unspecified atom stereocenters. The first kappa shape index (κ1) is 9.40. The first-order valence-electron chi connectivity index (χ1n) is 4.79. The van der Waals surface area contributed by atoms with Crippen LogP contribution in [-0.4, -0.2) is 15.2 Å². The number of thiophene rings is 1. The van der Waals surface area contributed by atoms with Crippen LogP contribution in [0.2, 0.25) is 0 Å². The molecule has 74 valence electrons. The summed E-state index contributed by atoms with van der Waals surface area (Å²) in [6.07, 6.45) is 2.91. The SMILES string of the molecule is CCCc1n[nH]c(Cc2ccsc2)n1. The van der Waals surface area contributed by atoms with Gasteiger partial charge in [0.25, 0.3) is 0 Å². The Morgan fingerprint density at radius 3 is 3.14 bits per heavy atom. The molecule has 0 saturated carbocycles. The lowest BCUT2D eigenvalue weighted by Gasteiger charge is -1.90. The minimum atomic E-state index is 0.861. The highest BCUT2D eigenvalue weighted by atomic mass is 32.1. The predicted octanol–water partition coefficient (Wildman–Crippen LogP) is 2.41. The predicted molar refractivity (Wildman–Crippen MR) is 57.5 cm³/mol. The van der Waals surface area contributed by atoms with Gasteiger partial charge in [-0.3, -0.25) is 5.10 Å². The van der Waals surface area contributed by atoms with E-state index in [0.29, 0.717) is 0 Å². The molecule has 0 atom stereocenters. The summed E-state index contributed by atoms with van der Waals surface area (Å²) in [6.45, 7) is 2.13. The standard InChI is InChI=1S/C10H13N3S/c1-2-3-9-11-10(13-12-9)6-8-4-5-14-7-8/h4-5,7H,2-3,6H2,1H3,(H,11,12,13). The van der Waals surface area contributed by atoms with Crippen molar-refractivity contribution in [1.82, 2.24) is 15.2 Å². The number of nitrogens with zero attached hydrogens (tertiary/aromatic N) is 2. The second-order valence-corrected chi connectivity index (χ2v) is 4.04. The van der Waals surface area contributed by atoms with Crippen molar-refractivity contribution in [3.05, 3.63) is 34.0 Å². The van der Waals surface area contributed by atoms with E-state index in [-0.39, 0.29) is 0 Å². The summed E-state index contributed by atoms with van der Waals surface area (Å²) in [7, 11) is 0. The van der Waals surface area contributed by atoms with Crippen LogP contribution in [0, 0.1) is 0 Å².